The highest BCUT2D eigenvalue weighted by atomic mass is 19.1. The summed E-state index contributed by atoms with van der Waals surface area (Å²) < 4.78 is 18.7. The van der Waals surface area contributed by atoms with Gasteiger partial charge < -0.3 is 15.4 Å². The van der Waals surface area contributed by atoms with Crippen LogP contribution >= 0.6 is 0 Å². The van der Waals surface area contributed by atoms with Crippen molar-refractivity contribution in [3.63, 3.8) is 0 Å². The Hall–Kier alpha value is -1.62. The van der Waals surface area contributed by atoms with Crippen LogP contribution in [0.1, 0.15) is 31.4 Å². The van der Waals surface area contributed by atoms with Crippen LogP contribution in [0, 0.1) is 5.82 Å². The predicted octanol–water partition coefficient (Wildman–Crippen LogP) is 1.85. The molecule has 0 spiro atoms. The molecule has 0 aromatic heterocycles. The number of carbonyl (C=O) groups excluding carboxylic acids is 1. The molecule has 4 nitrogen and oxygen atoms in total. The standard InChI is InChI=1S/C14H19FN2O2/c1-10(16)12-8-11(15)4-5-13(12)19-9-14(18)17-6-2-3-7-17/h4-5,8,10H,2-3,6-7,9,16H2,1H3. The van der Waals surface area contributed by atoms with E-state index in [1.54, 1.807) is 11.8 Å². The van der Waals surface area contributed by atoms with Gasteiger partial charge >= 0.3 is 0 Å². The van der Waals surface area contributed by atoms with Gasteiger partial charge in [0.2, 0.25) is 0 Å². The van der Waals surface area contributed by atoms with Crippen LogP contribution in [0.15, 0.2) is 18.2 Å². The summed E-state index contributed by atoms with van der Waals surface area (Å²) in [6.07, 6.45) is 2.10. The molecule has 1 unspecified atom stereocenters. The van der Waals surface area contributed by atoms with Gasteiger partial charge in [-0.05, 0) is 38.0 Å². The topological polar surface area (TPSA) is 55.6 Å². The molecule has 1 atom stereocenters. The highest BCUT2D eigenvalue weighted by Gasteiger charge is 2.19. The van der Waals surface area contributed by atoms with Crippen LogP contribution in [0.3, 0.4) is 0 Å². The third-order valence-electron chi connectivity index (χ3n) is 3.27. The number of nitrogens with zero attached hydrogens (tertiary/aromatic N) is 1. The summed E-state index contributed by atoms with van der Waals surface area (Å²) in [5.74, 6) is 0.0897. The average molecular weight is 266 g/mol. The lowest BCUT2D eigenvalue weighted by Gasteiger charge is -2.17. The Morgan fingerprint density at radius 2 is 2.16 bits per heavy atom. The molecule has 1 fully saturated rings. The summed E-state index contributed by atoms with van der Waals surface area (Å²) in [5, 5.41) is 0. The molecule has 1 heterocycles. The van der Waals surface area contributed by atoms with Crippen LogP contribution in [-0.2, 0) is 4.79 Å². The van der Waals surface area contributed by atoms with E-state index in [9.17, 15) is 9.18 Å². The van der Waals surface area contributed by atoms with E-state index in [0.717, 1.165) is 25.9 Å². The lowest BCUT2D eigenvalue weighted by molar-refractivity contribution is -0.132. The van der Waals surface area contributed by atoms with Gasteiger partial charge in [0.15, 0.2) is 6.61 Å². The number of nitrogens with two attached hydrogens (primary N) is 1. The van der Waals surface area contributed by atoms with E-state index >= 15 is 0 Å². The smallest absolute Gasteiger partial charge is 0.260 e. The third-order valence-corrected chi connectivity index (χ3v) is 3.27. The number of halogens is 1. The maximum Gasteiger partial charge on any atom is 0.260 e. The number of benzene rings is 1. The Bertz CT molecular complexity index is 457. The first-order valence-corrected chi connectivity index (χ1v) is 6.53. The number of ether oxygens (including phenoxy) is 1. The molecule has 1 saturated heterocycles. The van der Waals surface area contributed by atoms with Gasteiger partial charge in [-0.2, -0.15) is 0 Å². The minimum atomic E-state index is -0.356. The summed E-state index contributed by atoms with van der Waals surface area (Å²) in [6, 6.07) is 3.83. The van der Waals surface area contributed by atoms with Crippen LogP contribution < -0.4 is 10.5 Å². The molecule has 1 aliphatic heterocycles. The maximum absolute atomic E-state index is 13.2. The quantitative estimate of drug-likeness (QED) is 0.904. The molecule has 1 aliphatic rings. The number of rotatable bonds is 4. The summed E-state index contributed by atoms with van der Waals surface area (Å²) in [7, 11) is 0. The van der Waals surface area contributed by atoms with Crippen LogP contribution in [0.2, 0.25) is 0 Å². The highest BCUT2D eigenvalue weighted by molar-refractivity contribution is 5.78. The van der Waals surface area contributed by atoms with E-state index in [0.29, 0.717) is 11.3 Å². The summed E-state index contributed by atoms with van der Waals surface area (Å²) in [4.78, 5) is 13.6. The second-order valence-electron chi connectivity index (χ2n) is 4.85. The normalized spacial score (nSPS) is 16.5. The summed E-state index contributed by atoms with van der Waals surface area (Å²) in [6.45, 7) is 3.33. The number of amides is 1. The average Bonchev–Trinajstić information content (AvgIpc) is 2.90. The molecule has 19 heavy (non-hydrogen) atoms. The third kappa shape index (κ3) is 3.44. The van der Waals surface area contributed by atoms with Gasteiger partial charge in [-0.1, -0.05) is 0 Å². The first kappa shape index (κ1) is 13.8. The number of hydrogen-bond acceptors (Lipinski definition) is 3. The van der Waals surface area contributed by atoms with Crippen LogP contribution in [-0.4, -0.2) is 30.5 Å². The molecular formula is C14H19FN2O2. The van der Waals surface area contributed by atoms with Gasteiger partial charge in [-0.25, -0.2) is 4.39 Å². The van der Waals surface area contributed by atoms with Gasteiger partial charge in [0.05, 0.1) is 0 Å². The van der Waals surface area contributed by atoms with Crippen molar-refractivity contribution < 1.29 is 13.9 Å². The molecule has 0 bridgehead atoms. The van der Waals surface area contributed by atoms with Crippen LogP contribution in [0.5, 0.6) is 5.75 Å². The number of likely N-dealkylation sites (tertiary alicyclic amines) is 1. The zero-order chi connectivity index (χ0) is 13.8. The van der Waals surface area contributed by atoms with Crippen molar-refractivity contribution in [3.8, 4) is 5.75 Å². The highest BCUT2D eigenvalue weighted by Crippen LogP contribution is 2.24. The zero-order valence-corrected chi connectivity index (χ0v) is 11.1. The monoisotopic (exact) mass is 266 g/mol. The van der Waals surface area contributed by atoms with Gasteiger partial charge in [0.1, 0.15) is 11.6 Å². The first-order chi connectivity index (χ1) is 9.08. The molecule has 0 saturated carbocycles. The van der Waals surface area contributed by atoms with Crippen molar-refractivity contribution in [2.45, 2.75) is 25.8 Å². The zero-order valence-electron chi connectivity index (χ0n) is 11.1. The molecule has 104 valence electrons. The van der Waals surface area contributed by atoms with E-state index < -0.39 is 0 Å². The summed E-state index contributed by atoms with van der Waals surface area (Å²) >= 11 is 0. The molecule has 1 aromatic carbocycles. The predicted molar refractivity (Wildman–Crippen MR) is 70.3 cm³/mol. The molecule has 1 aromatic rings. The fourth-order valence-corrected chi connectivity index (χ4v) is 2.20. The molecule has 2 rings (SSSR count). The van der Waals surface area contributed by atoms with E-state index in [-0.39, 0.29) is 24.4 Å². The molecular weight excluding hydrogens is 247 g/mol. The molecule has 2 N–H and O–H groups in total. The molecule has 0 aliphatic carbocycles. The Morgan fingerprint density at radius 1 is 1.47 bits per heavy atom. The summed E-state index contributed by atoms with van der Waals surface area (Å²) in [5.41, 5.74) is 6.35. The fraction of sp³-hybridized carbons (Fsp3) is 0.500. The Morgan fingerprint density at radius 3 is 2.79 bits per heavy atom. The maximum atomic E-state index is 13.2. The van der Waals surface area contributed by atoms with Crippen molar-refractivity contribution in [2.24, 2.45) is 5.73 Å². The lowest BCUT2D eigenvalue weighted by Crippen LogP contribution is -2.32. The van der Waals surface area contributed by atoms with Gasteiger partial charge in [-0.15, -0.1) is 0 Å². The Kier molecular flexibility index (Phi) is 4.37. The van der Waals surface area contributed by atoms with E-state index in [1.807, 2.05) is 0 Å². The van der Waals surface area contributed by atoms with Gasteiger partial charge in [0, 0.05) is 24.7 Å². The van der Waals surface area contributed by atoms with Crippen molar-refractivity contribution in [1.29, 1.82) is 0 Å². The second-order valence-corrected chi connectivity index (χ2v) is 4.85. The first-order valence-electron chi connectivity index (χ1n) is 6.53. The number of carbonyl (C=O) groups is 1. The fourth-order valence-electron chi connectivity index (χ4n) is 2.20. The Labute approximate surface area is 112 Å². The molecule has 5 heteroatoms. The van der Waals surface area contributed by atoms with E-state index in [2.05, 4.69) is 0 Å². The van der Waals surface area contributed by atoms with Crippen molar-refractivity contribution >= 4 is 5.91 Å². The van der Waals surface area contributed by atoms with Gasteiger partial charge in [-0.3, -0.25) is 4.79 Å². The molecule has 1 amide bonds. The van der Waals surface area contributed by atoms with E-state index in [4.69, 9.17) is 10.5 Å². The van der Waals surface area contributed by atoms with Crippen LogP contribution in [0.25, 0.3) is 0 Å². The minimum Gasteiger partial charge on any atom is -0.483 e. The van der Waals surface area contributed by atoms with Gasteiger partial charge in [0.25, 0.3) is 5.91 Å². The largest absolute Gasteiger partial charge is 0.483 e. The van der Waals surface area contributed by atoms with Crippen LogP contribution in [0.4, 0.5) is 4.39 Å². The number of hydrogen-bond donors (Lipinski definition) is 1. The minimum absolute atomic E-state index is 0.0225. The Balaban J connectivity index is 2.00. The second kappa shape index (κ2) is 6.02. The van der Waals surface area contributed by atoms with E-state index in [1.165, 1.54) is 18.2 Å². The molecule has 0 radical (unpaired) electrons. The SMILES string of the molecule is CC(N)c1cc(F)ccc1OCC(=O)N1CCCC1. The van der Waals surface area contributed by atoms with Crippen molar-refractivity contribution in [1.82, 2.24) is 4.90 Å². The van der Waals surface area contributed by atoms with Crippen molar-refractivity contribution in [3.05, 3.63) is 29.6 Å². The van der Waals surface area contributed by atoms with Crippen molar-refractivity contribution in [2.75, 3.05) is 19.7 Å². The lowest BCUT2D eigenvalue weighted by atomic mass is 10.1.